The summed E-state index contributed by atoms with van der Waals surface area (Å²) in [5.41, 5.74) is 4.23. The number of carbonyl (C=O) groups is 2. The maximum absolute atomic E-state index is 13.5. The van der Waals surface area contributed by atoms with Crippen LogP contribution in [-0.2, 0) is 22.6 Å². The Balaban J connectivity index is 1.87. The first kappa shape index (κ1) is 25.0. The average Bonchev–Trinajstić information content (AvgIpc) is 2.86. The molecule has 0 aliphatic rings. The Labute approximate surface area is 202 Å². The van der Waals surface area contributed by atoms with E-state index in [2.05, 4.69) is 5.32 Å². The monoisotopic (exact) mass is 458 g/mol. The summed E-state index contributed by atoms with van der Waals surface area (Å²) >= 11 is 0. The lowest BCUT2D eigenvalue weighted by molar-refractivity contribution is -0.142. The number of rotatable bonds is 11. The lowest BCUT2D eigenvalue weighted by atomic mass is 10.0. The Morgan fingerprint density at radius 3 is 2.09 bits per heavy atom. The minimum absolute atomic E-state index is 0.138. The number of amides is 2. The molecule has 0 aliphatic heterocycles. The maximum Gasteiger partial charge on any atom is 0.261 e. The quantitative estimate of drug-likeness (QED) is 0.447. The second-order valence-corrected chi connectivity index (χ2v) is 8.61. The first-order valence-corrected chi connectivity index (χ1v) is 11.8. The smallest absolute Gasteiger partial charge is 0.261 e. The first-order chi connectivity index (χ1) is 16.5. The van der Waals surface area contributed by atoms with Crippen LogP contribution < -0.4 is 10.1 Å². The molecule has 3 rings (SSSR count). The summed E-state index contributed by atoms with van der Waals surface area (Å²) in [7, 11) is 0. The summed E-state index contributed by atoms with van der Waals surface area (Å²) in [6.07, 6.45) is 1.25. The predicted molar refractivity (Wildman–Crippen MR) is 136 cm³/mol. The molecule has 178 valence electrons. The van der Waals surface area contributed by atoms with Gasteiger partial charge in [0.15, 0.2) is 6.61 Å². The van der Waals surface area contributed by atoms with E-state index in [1.807, 2.05) is 99.6 Å². The van der Waals surface area contributed by atoms with Gasteiger partial charge in [-0.05, 0) is 43.5 Å². The largest absolute Gasteiger partial charge is 0.484 e. The molecule has 0 spiro atoms. The molecule has 5 nitrogen and oxygen atoms in total. The zero-order valence-electron chi connectivity index (χ0n) is 20.3. The van der Waals surface area contributed by atoms with Crippen LogP contribution in [0.5, 0.6) is 5.75 Å². The number of hydrogen-bond donors (Lipinski definition) is 1. The summed E-state index contributed by atoms with van der Waals surface area (Å²) in [4.78, 5) is 28.4. The molecule has 3 aromatic rings. The molecule has 0 fully saturated rings. The molecule has 0 bridgehead atoms. The van der Waals surface area contributed by atoms with E-state index in [0.717, 1.165) is 28.7 Å². The van der Waals surface area contributed by atoms with Crippen LogP contribution in [-0.4, -0.2) is 35.9 Å². The van der Waals surface area contributed by atoms with E-state index in [-0.39, 0.29) is 18.4 Å². The molecular weight excluding hydrogens is 424 g/mol. The molecule has 3 aromatic carbocycles. The van der Waals surface area contributed by atoms with Gasteiger partial charge in [-0.15, -0.1) is 0 Å². The SMILES string of the molecule is CCCNC(=O)[C@@H](Cc1ccccc1)N(Cc1ccc(C)cc1)C(=O)COc1ccc(C)cc1. The molecule has 0 radical (unpaired) electrons. The molecule has 0 saturated heterocycles. The van der Waals surface area contributed by atoms with Crippen molar-refractivity contribution in [2.45, 2.75) is 46.2 Å². The average molecular weight is 459 g/mol. The Kier molecular flexibility index (Phi) is 9.27. The van der Waals surface area contributed by atoms with Gasteiger partial charge in [-0.3, -0.25) is 9.59 Å². The van der Waals surface area contributed by atoms with E-state index in [9.17, 15) is 9.59 Å². The Morgan fingerprint density at radius 1 is 0.853 bits per heavy atom. The standard InChI is InChI=1S/C29H34N2O3/c1-4-18-30-29(33)27(19-24-8-6-5-7-9-24)31(20-25-14-10-22(2)11-15-25)28(32)21-34-26-16-12-23(3)13-17-26/h5-17,27H,4,18-21H2,1-3H3,(H,30,33)/t27-/m1/s1. The van der Waals surface area contributed by atoms with Crippen molar-refractivity contribution >= 4 is 11.8 Å². The molecule has 1 atom stereocenters. The number of hydrogen-bond acceptors (Lipinski definition) is 3. The normalized spacial score (nSPS) is 11.5. The molecule has 1 N–H and O–H groups in total. The fourth-order valence-electron chi connectivity index (χ4n) is 3.67. The van der Waals surface area contributed by atoms with Crippen LogP contribution in [0.2, 0.25) is 0 Å². The van der Waals surface area contributed by atoms with E-state index >= 15 is 0 Å². The van der Waals surface area contributed by atoms with Gasteiger partial charge in [-0.2, -0.15) is 0 Å². The highest BCUT2D eigenvalue weighted by atomic mass is 16.5. The van der Waals surface area contributed by atoms with Crippen LogP contribution in [0, 0.1) is 13.8 Å². The predicted octanol–water partition coefficient (Wildman–Crippen LogP) is 4.85. The summed E-state index contributed by atoms with van der Waals surface area (Å²) in [6.45, 7) is 6.79. The highest BCUT2D eigenvalue weighted by molar-refractivity contribution is 5.88. The number of carbonyl (C=O) groups excluding carboxylic acids is 2. The molecular formula is C29H34N2O3. The van der Waals surface area contributed by atoms with Crippen molar-refractivity contribution in [2.24, 2.45) is 0 Å². The van der Waals surface area contributed by atoms with E-state index in [4.69, 9.17) is 4.74 Å². The van der Waals surface area contributed by atoms with Crippen LogP contribution >= 0.6 is 0 Å². The highest BCUT2D eigenvalue weighted by Crippen LogP contribution is 2.17. The fraction of sp³-hybridized carbons (Fsp3) is 0.310. The molecule has 0 aliphatic carbocycles. The Morgan fingerprint density at radius 2 is 1.47 bits per heavy atom. The van der Waals surface area contributed by atoms with Gasteiger partial charge in [0, 0.05) is 19.5 Å². The van der Waals surface area contributed by atoms with Crippen LogP contribution in [0.15, 0.2) is 78.9 Å². The van der Waals surface area contributed by atoms with E-state index in [1.54, 1.807) is 4.90 Å². The van der Waals surface area contributed by atoms with Crippen LogP contribution in [0.4, 0.5) is 0 Å². The Bertz CT molecular complexity index is 1050. The summed E-state index contributed by atoms with van der Waals surface area (Å²) < 4.78 is 5.80. The van der Waals surface area contributed by atoms with Gasteiger partial charge in [0.05, 0.1) is 0 Å². The van der Waals surface area contributed by atoms with Gasteiger partial charge < -0.3 is 15.0 Å². The van der Waals surface area contributed by atoms with Gasteiger partial charge in [0.25, 0.3) is 5.91 Å². The second kappa shape index (κ2) is 12.6. The zero-order valence-corrected chi connectivity index (χ0v) is 20.3. The first-order valence-electron chi connectivity index (χ1n) is 11.8. The third-order valence-electron chi connectivity index (χ3n) is 5.68. The van der Waals surface area contributed by atoms with Crippen LogP contribution in [0.1, 0.15) is 35.6 Å². The highest BCUT2D eigenvalue weighted by Gasteiger charge is 2.30. The van der Waals surface area contributed by atoms with Crippen molar-refractivity contribution in [3.8, 4) is 5.75 Å². The van der Waals surface area contributed by atoms with Crippen molar-refractivity contribution in [1.29, 1.82) is 0 Å². The van der Waals surface area contributed by atoms with Gasteiger partial charge in [-0.1, -0.05) is 84.8 Å². The lowest BCUT2D eigenvalue weighted by Gasteiger charge is -2.31. The number of nitrogens with zero attached hydrogens (tertiary/aromatic N) is 1. The summed E-state index contributed by atoms with van der Waals surface area (Å²) in [5.74, 6) is 0.250. The molecule has 0 heterocycles. The maximum atomic E-state index is 13.5. The van der Waals surface area contributed by atoms with Gasteiger partial charge in [-0.25, -0.2) is 0 Å². The molecule has 2 amide bonds. The third kappa shape index (κ3) is 7.48. The van der Waals surface area contributed by atoms with Gasteiger partial charge in [0.2, 0.25) is 5.91 Å². The molecule has 5 heteroatoms. The number of benzene rings is 3. The van der Waals surface area contributed by atoms with Gasteiger partial charge >= 0.3 is 0 Å². The Hall–Kier alpha value is -3.60. The van der Waals surface area contributed by atoms with Crippen LogP contribution in [0.3, 0.4) is 0 Å². The number of ether oxygens (including phenoxy) is 1. The lowest BCUT2D eigenvalue weighted by Crippen LogP contribution is -2.51. The molecule has 0 aromatic heterocycles. The van der Waals surface area contributed by atoms with E-state index < -0.39 is 6.04 Å². The number of nitrogens with one attached hydrogen (secondary N) is 1. The van der Waals surface area contributed by atoms with E-state index in [1.165, 1.54) is 0 Å². The minimum Gasteiger partial charge on any atom is -0.484 e. The molecule has 34 heavy (non-hydrogen) atoms. The van der Waals surface area contributed by atoms with Crippen molar-refractivity contribution in [1.82, 2.24) is 10.2 Å². The zero-order chi connectivity index (χ0) is 24.3. The van der Waals surface area contributed by atoms with Crippen LogP contribution in [0.25, 0.3) is 0 Å². The second-order valence-electron chi connectivity index (χ2n) is 8.61. The molecule has 0 unspecified atom stereocenters. The summed E-state index contributed by atoms with van der Waals surface area (Å²) in [6, 6.07) is 24.8. The number of aryl methyl sites for hydroxylation is 2. The van der Waals surface area contributed by atoms with Crippen molar-refractivity contribution < 1.29 is 14.3 Å². The topological polar surface area (TPSA) is 58.6 Å². The molecule has 0 saturated carbocycles. The minimum atomic E-state index is -0.649. The van der Waals surface area contributed by atoms with E-state index in [0.29, 0.717) is 25.3 Å². The van der Waals surface area contributed by atoms with Crippen molar-refractivity contribution in [3.05, 3.63) is 101 Å². The fourth-order valence-corrected chi connectivity index (χ4v) is 3.67. The third-order valence-corrected chi connectivity index (χ3v) is 5.68. The summed E-state index contributed by atoms with van der Waals surface area (Å²) in [5, 5.41) is 2.99. The van der Waals surface area contributed by atoms with Crippen molar-refractivity contribution in [2.75, 3.05) is 13.2 Å². The van der Waals surface area contributed by atoms with Gasteiger partial charge in [0.1, 0.15) is 11.8 Å². The van der Waals surface area contributed by atoms with Crippen molar-refractivity contribution in [3.63, 3.8) is 0 Å².